The van der Waals surface area contributed by atoms with Gasteiger partial charge in [-0.1, -0.05) is 11.6 Å². The smallest absolute Gasteiger partial charge is 0.318 e. The van der Waals surface area contributed by atoms with E-state index in [0.717, 1.165) is 32.1 Å². The number of anilines is 2. The molecule has 0 aliphatic carbocycles. The molecule has 0 aromatic carbocycles. The molecule has 0 N–H and O–H groups in total. The van der Waals surface area contributed by atoms with Gasteiger partial charge in [0, 0.05) is 38.6 Å². The van der Waals surface area contributed by atoms with E-state index in [4.69, 9.17) is 16.3 Å². The quantitative estimate of drug-likeness (QED) is 0.845. The molecule has 1 aliphatic heterocycles. The fraction of sp³-hybridized carbons (Fsp3) is 0.385. The van der Waals surface area contributed by atoms with E-state index in [0.29, 0.717) is 16.9 Å². The first-order valence-electron chi connectivity index (χ1n) is 6.61. The molecule has 0 amide bonds. The normalized spacial score (nSPS) is 15.1. The molecule has 0 atom stereocenters. The van der Waals surface area contributed by atoms with Gasteiger partial charge >= 0.3 is 6.01 Å². The standard InChI is InChI=1S/C13H15ClN6O/c1-21-13-17-9-10(14)11(18-13)19-5-7-20(8-6-19)12-15-3-2-4-16-12/h2-4,9H,5-8H2,1H3. The Morgan fingerprint density at radius 1 is 1.05 bits per heavy atom. The molecule has 1 fully saturated rings. The number of hydrogen-bond acceptors (Lipinski definition) is 7. The van der Waals surface area contributed by atoms with Crippen molar-refractivity contribution in [1.29, 1.82) is 0 Å². The first kappa shape index (κ1) is 13.8. The van der Waals surface area contributed by atoms with Gasteiger partial charge in [-0.15, -0.1) is 0 Å². The maximum atomic E-state index is 6.18. The molecule has 7 nitrogen and oxygen atoms in total. The summed E-state index contributed by atoms with van der Waals surface area (Å²) in [4.78, 5) is 21.1. The van der Waals surface area contributed by atoms with E-state index < -0.39 is 0 Å². The van der Waals surface area contributed by atoms with Crippen LogP contribution in [0.15, 0.2) is 24.7 Å². The van der Waals surface area contributed by atoms with Gasteiger partial charge in [0.25, 0.3) is 0 Å². The summed E-state index contributed by atoms with van der Waals surface area (Å²) >= 11 is 6.18. The highest BCUT2D eigenvalue weighted by atomic mass is 35.5. The number of halogens is 1. The maximum Gasteiger partial charge on any atom is 0.318 e. The van der Waals surface area contributed by atoms with Crippen LogP contribution < -0.4 is 14.5 Å². The van der Waals surface area contributed by atoms with Gasteiger partial charge in [0.05, 0.1) is 13.3 Å². The molecule has 1 aliphatic rings. The molecule has 1 saturated heterocycles. The molecule has 3 rings (SSSR count). The molecule has 8 heteroatoms. The van der Waals surface area contributed by atoms with Crippen molar-refractivity contribution in [1.82, 2.24) is 19.9 Å². The molecule has 2 aromatic rings. The van der Waals surface area contributed by atoms with Crippen molar-refractivity contribution < 1.29 is 4.74 Å². The number of hydrogen-bond donors (Lipinski definition) is 0. The predicted molar refractivity (Wildman–Crippen MR) is 80.1 cm³/mol. The topological polar surface area (TPSA) is 67.3 Å². The van der Waals surface area contributed by atoms with Gasteiger partial charge in [-0.2, -0.15) is 4.98 Å². The second kappa shape index (κ2) is 6.09. The van der Waals surface area contributed by atoms with Crippen LogP contribution in [0, 0.1) is 0 Å². The Morgan fingerprint density at radius 3 is 2.38 bits per heavy atom. The summed E-state index contributed by atoms with van der Waals surface area (Å²) in [6.07, 6.45) is 5.07. The van der Waals surface area contributed by atoms with E-state index in [1.165, 1.54) is 7.11 Å². The summed E-state index contributed by atoms with van der Waals surface area (Å²) < 4.78 is 5.05. The molecule has 2 aromatic heterocycles. The van der Waals surface area contributed by atoms with Gasteiger partial charge in [-0.25, -0.2) is 15.0 Å². The summed E-state index contributed by atoms with van der Waals surface area (Å²) in [5, 5.41) is 0.528. The molecule has 3 heterocycles. The summed E-state index contributed by atoms with van der Waals surface area (Å²) in [6, 6.07) is 2.13. The van der Waals surface area contributed by atoms with E-state index >= 15 is 0 Å². The largest absolute Gasteiger partial charge is 0.467 e. The lowest BCUT2D eigenvalue weighted by Gasteiger charge is -2.35. The third-order valence-corrected chi connectivity index (χ3v) is 3.57. The Kier molecular flexibility index (Phi) is 4.01. The zero-order chi connectivity index (χ0) is 14.7. The molecule has 0 saturated carbocycles. The predicted octanol–water partition coefficient (Wildman–Crippen LogP) is 1.26. The molecular formula is C13H15ClN6O. The fourth-order valence-electron chi connectivity index (χ4n) is 2.24. The highest BCUT2D eigenvalue weighted by molar-refractivity contribution is 6.32. The highest BCUT2D eigenvalue weighted by Crippen LogP contribution is 2.25. The van der Waals surface area contributed by atoms with Crippen LogP contribution in [0.4, 0.5) is 11.8 Å². The summed E-state index contributed by atoms with van der Waals surface area (Å²) in [6.45, 7) is 3.20. The van der Waals surface area contributed by atoms with E-state index in [9.17, 15) is 0 Å². The van der Waals surface area contributed by atoms with Crippen molar-refractivity contribution in [2.45, 2.75) is 0 Å². The highest BCUT2D eigenvalue weighted by Gasteiger charge is 2.22. The summed E-state index contributed by atoms with van der Waals surface area (Å²) in [7, 11) is 1.54. The SMILES string of the molecule is COc1ncc(Cl)c(N2CCN(c3ncccn3)CC2)n1. The van der Waals surface area contributed by atoms with Crippen molar-refractivity contribution in [3.63, 3.8) is 0 Å². The van der Waals surface area contributed by atoms with Gasteiger partial charge in [0.1, 0.15) is 5.02 Å². The minimum atomic E-state index is 0.322. The van der Waals surface area contributed by atoms with Gasteiger partial charge in [0.2, 0.25) is 5.95 Å². The first-order valence-corrected chi connectivity index (χ1v) is 6.99. The molecule has 110 valence electrons. The molecule has 21 heavy (non-hydrogen) atoms. The maximum absolute atomic E-state index is 6.18. The van der Waals surface area contributed by atoms with Crippen molar-refractivity contribution in [3.05, 3.63) is 29.7 Å². The molecule has 0 spiro atoms. The van der Waals surface area contributed by atoms with Crippen molar-refractivity contribution >= 4 is 23.4 Å². The van der Waals surface area contributed by atoms with E-state index in [1.807, 2.05) is 6.07 Å². The molecule has 0 bridgehead atoms. The monoisotopic (exact) mass is 306 g/mol. The molecular weight excluding hydrogens is 292 g/mol. The van der Waals surface area contributed by atoms with Crippen LogP contribution in [0.3, 0.4) is 0 Å². The lowest BCUT2D eigenvalue weighted by molar-refractivity contribution is 0.379. The van der Waals surface area contributed by atoms with E-state index in [-0.39, 0.29) is 0 Å². The number of methoxy groups -OCH3 is 1. The first-order chi connectivity index (χ1) is 10.3. The average Bonchev–Trinajstić information content (AvgIpc) is 2.56. The van der Waals surface area contributed by atoms with Gasteiger partial charge in [0.15, 0.2) is 5.82 Å². The zero-order valence-electron chi connectivity index (χ0n) is 11.6. The van der Waals surface area contributed by atoms with E-state index in [2.05, 4.69) is 29.7 Å². The second-order valence-corrected chi connectivity index (χ2v) is 4.96. The van der Waals surface area contributed by atoms with Crippen LogP contribution in [0.2, 0.25) is 5.02 Å². The lowest BCUT2D eigenvalue weighted by atomic mass is 10.3. The van der Waals surface area contributed by atoms with Crippen LogP contribution in [0.1, 0.15) is 0 Å². The van der Waals surface area contributed by atoms with Crippen LogP contribution in [-0.2, 0) is 0 Å². The van der Waals surface area contributed by atoms with Crippen LogP contribution in [0.5, 0.6) is 6.01 Å². The van der Waals surface area contributed by atoms with E-state index in [1.54, 1.807) is 18.6 Å². The summed E-state index contributed by atoms with van der Waals surface area (Å²) in [5.74, 6) is 1.46. The lowest BCUT2D eigenvalue weighted by Crippen LogP contribution is -2.47. The van der Waals surface area contributed by atoms with Crippen molar-refractivity contribution in [3.8, 4) is 6.01 Å². The Hall–Kier alpha value is -2.15. The average molecular weight is 307 g/mol. The Morgan fingerprint density at radius 2 is 1.71 bits per heavy atom. The van der Waals surface area contributed by atoms with Crippen LogP contribution >= 0.6 is 11.6 Å². The minimum absolute atomic E-state index is 0.322. The zero-order valence-corrected chi connectivity index (χ0v) is 12.4. The molecule has 0 radical (unpaired) electrons. The minimum Gasteiger partial charge on any atom is -0.467 e. The number of piperazine rings is 1. The third-order valence-electron chi connectivity index (χ3n) is 3.30. The third kappa shape index (κ3) is 2.97. The number of rotatable bonds is 3. The summed E-state index contributed by atoms with van der Waals surface area (Å²) in [5.41, 5.74) is 0. The number of aromatic nitrogens is 4. The van der Waals surface area contributed by atoms with Crippen LogP contribution in [-0.4, -0.2) is 53.2 Å². The van der Waals surface area contributed by atoms with Crippen LogP contribution in [0.25, 0.3) is 0 Å². The molecule has 0 unspecified atom stereocenters. The van der Waals surface area contributed by atoms with Gasteiger partial charge in [-0.3, -0.25) is 0 Å². The second-order valence-electron chi connectivity index (χ2n) is 4.55. The van der Waals surface area contributed by atoms with Gasteiger partial charge in [-0.05, 0) is 6.07 Å². The Labute approximate surface area is 127 Å². The van der Waals surface area contributed by atoms with Gasteiger partial charge < -0.3 is 14.5 Å². The Balaban J connectivity index is 1.71. The Bertz CT molecular complexity index is 603. The van der Waals surface area contributed by atoms with Crippen molar-refractivity contribution in [2.24, 2.45) is 0 Å². The number of ether oxygens (including phenoxy) is 1. The number of nitrogens with zero attached hydrogens (tertiary/aromatic N) is 6. The fourth-order valence-corrected chi connectivity index (χ4v) is 2.45. The van der Waals surface area contributed by atoms with Crippen molar-refractivity contribution in [2.75, 3.05) is 43.1 Å².